The molecular weight excluding hydrogens is 303 g/mol. The minimum atomic E-state index is 0. The molecule has 24 heavy (non-hydrogen) atoms. The molecule has 0 radical (unpaired) electrons. The molecule has 0 saturated heterocycles. The van der Waals surface area contributed by atoms with Crippen LogP contribution >= 0.6 is 0 Å². The minimum absolute atomic E-state index is 0. The zero-order chi connectivity index (χ0) is 17.8. The van der Waals surface area contributed by atoms with Gasteiger partial charge in [-0.25, -0.2) is 0 Å². The topological polar surface area (TPSA) is 23.1 Å². The maximum absolute atomic E-state index is 13.3. The first-order chi connectivity index (χ1) is 10.5. The average Bonchev–Trinajstić information content (AvgIpc) is 2.41. The molecule has 0 amide bonds. The Morgan fingerprint density at radius 2 is 1.12 bits per heavy atom. The second-order valence-electron chi connectivity index (χ2n) is 9.18. The molecule has 2 heteroatoms. The van der Waals surface area contributed by atoms with Crippen LogP contribution in [0.3, 0.4) is 0 Å². The maximum Gasteiger partial charge on any atom is 1.00 e. The van der Waals surface area contributed by atoms with E-state index in [9.17, 15) is 5.11 Å². The van der Waals surface area contributed by atoms with Crippen molar-refractivity contribution in [2.24, 2.45) is 10.8 Å². The van der Waals surface area contributed by atoms with Gasteiger partial charge in [0, 0.05) is 0 Å². The molecule has 0 bridgehead atoms. The number of benzene rings is 1. The Hall–Kier alpha value is 0.0200. The van der Waals surface area contributed by atoms with E-state index < -0.39 is 0 Å². The molecule has 0 fully saturated rings. The normalized spacial score (nSPS) is 14.8. The smallest absolute Gasteiger partial charge is 0.872 e. The summed E-state index contributed by atoms with van der Waals surface area (Å²) in [6, 6.07) is 6.25. The third kappa shape index (κ3) is 6.07. The second kappa shape index (κ2) is 9.64. The summed E-state index contributed by atoms with van der Waals surface area (Å²) in [6.07, 6.45) is 4.39. The van der Waals surface area contributed by atoms with Crippen molar-refractivity contribution in [2.45, 2.75) is 92.9 Å². The standard InChI is InChI=1S/C22H38O.Na/c1-9-12-18(21(3,4)5)16-14-11-15-17(20(16)23)19(13-10-2)22(6,7)8;/h11,14-15,18-19,23H,9-10,12-13H2,1-8H3;/q;+1/p-1. The Kier molecular flexibility index (Phi) is 9.65. The zero-order valence-corrected chi connectivity index (χ0v) is 19.6. The summed E-state index contributed by atoms with van der Waals surface area (Å²) in [5.74, 6) is 0.971. The van der Waals surface area contributed by atoms with Gasteiger partial charge in [0.15, 0.2) is 0 Å². The predicted molar refractivity (Wildman–Crippen MR) is 100 cm³/mol. The summed E-state index contributed by atoms with van der Waals surface area (Å²) in [5, 5.41) is 13.3. The van der Waals surface area contributed by atoms with Gasteiger partial charge in [-0.05, 0) is 35.5 Å². The predicted octanol–water partition coefficient (Wildman–Crippen LogP) is 3.62. The molecule has 0 aromatic heterocycles. The van der Waals surface area contributed by atoms with Crippen molar-refractivity contribution in [1.82, 2.24) is 0 Å². The van der Waals surface area contributed by atoms with Crippen molar-refractivity contribution < 1.29 is 34.7 Å². The third-order valence-electron chi connectivity index (χ3n) is 5.07. The van der Waals surface area contributed by atoms with Crippen LogP contribution in [0.15, 0.2) is 18.2 Å². The fourth-order valence-corrected chi connectivity index (χ4v) is 3.81. The van der Waals surface area contributed by atoms with Crippen LogP contribution in [0, 0.1) is 10.8 Å². The number of hydrogen-bond donors (Lipinski definition) is 0. The van der Waals surface area contributed by atoms with Crippen molar-refractivity contribution in [3.63, 3.8) is 0 Å². The molecule has 1 aromatic rings. The average molecular weight is 341 g/mol. The summed E-state index contributed by atoms with van der Waals surface area (Å²) in [5.41, 5.74) is 2.30. The first-order valence-corrected chi connectivity index (χ1v) is 9.33. The molecule has 132 valence electrons. The fourth-order valence-electron chi connectivity index (χ4n) is 3.81. The number of rotatable bonds is 6. The van der Waals surface area contributed by atoms with Gasteiger partial charge in [0.05, 0.1) is 0 Å². The van der Waals surface area contributed by atoms with Crippen LogP contribution in [-0.4, -0.2) is 0 Å². The Bertz CT molecular complexity index is 451. The molecule has 0 saturated carbocycles. The fraction of sp³-hybridized carbons (Fsp3) is 0.727. The Labute approximate surface area is 172 Å². The van der Waals surface area contributed by atoms with Crippen LogP contribution in [0.4, 0.5) is 0 Å². The van der Waals surface area contributed by atoms with Crippen LogP contribution in [0.25, 0.3) is 0 Å². The molecule has 2 atom stereocenters. The van der Waals surface area contributed by atoms with E-state index in [1.165, 1.54) is 0 Å². The summed E-state index contributed by atoms with van der Waals surface area (Å²) in [7, 11) is 0. The van der Waals surface area contributed by atoms with E-state index in [1.54, 1.807) is 0 Å². The van der Waals surface area contributed by atoms with E-state index in [2.05, 4.69) is 73.6 Å². The SMILES string of the molecule is CCCC(c1cccc(C(CCC)C(C)(C)C)c1[O-])C(C)(C)C.[Na+]. The van der Waals surface area contributed by atoms with E-state index in [-0.39, 0.29) is 40.4 Å². The van der Waals surface area contributed by atoms with Crippen LogP contribution in [0.5, 0.6) is 5.75 Å². The van der Waals surface area contributed by atoms with Crippen LogP contribution in [0.2, 0.25) is 0 Å². The van der Waals surface area contributed by atoms with E-state index in [0.717, 1.165) is 36.8 Å². The Morgan fingerprint density at radius 3 is 1.38 bits per heavy atom. The minimum Gasteiger partial charge on any atom is -0.872 e. The van der Waals surface area contributed by atoms with Crippen molar-refractivity contribution in [3.05, 3.63) is 29.3 Å². The van der Waals surface area contributed by atoms with Crippen molar-refractivity contribution in [3.8, 4) is 5.75 Å². The van der Waals surface area contributed by atoms with Gasteiger partial charge >= 0.3 is 29.6 Å². The summed E-state index contributed by atoms with van der Waals surface area (Å²) in [6.45, 7) is 18.0. The second-order valence-corrected chi connectivity index (χ2v) is 9.18. The van der Waals surface area contributed by atoms with Crippen LogP contribution in [-0.2, 0) is 0 Å². The van der Waals surface area contributed by atoms with Crippen LogP contribution in [0.1, 0.15) is 104 Å². The first-order valence-electron chi connectivity index (χ1n) is 9.33. The molecule has 1 rings (SSSR count). The number of hydrogen-bond acceptors (Lipinski definition) is 1. The quantitative estimate of drug-likeness (QED) is 0.725. The Morgan fingerprint density at radius 1 is 0.792 bits per heavy atom. The van der Waals surface area contributed by atoms with E-state index >= 15 is 0 Å². The van der Waals surface area contributed by atoms with Crippen molar-refractivity contribution in [1.29, 1.82) is 0 Å². The molecule has 0 spiro atoms. The summed E-state index contributed by atoms with van der Waals surface area (Å²) < 4.78 is 0. The van der Waals surface area contributed by atoms with Gasteiger partial charge in [0.25, 0.3) is 0 Å². The van der Waals surface area contributed by atoms with Gasteiger partial charge in [-0.3, -0.25) is 0 Å². The first kappa shape index (κ1) is 24.0. The molecule has 1 aromatic carbocycles. The van der Waals surface area contributed by atoms with Gasteiger partial charge in [0.1, 0.15) is 0 Å². The molecule has 0 aliphatic carbocycles. The van der Waals surface area contributed by atoms with Crippen molar-refractivity contribution >= 4 is 0 Å². The summed E-state index contributed by atoms with van der Waals surface area (Å²) in [4.78, 5) is 0. The monoisotopic (exact) mass is 340 g/mol. The molecule has 0 aliphatic heterocycles. The maximum atomic E-state index is 13.3. The Balaban J connectivity index is 0.00000529. The zero-order valence-electron chi connectivity index (χ0n) is 17.6. The molecular formula is C22H37NaO. The van der Waals surface area contributed by atoms with Gasteiger partial charge in [0.2, 0.25) is 0 Å². The third-order valence-corrected chi connectivity index (χ3v) is 5.07. The summed E-state index contributed by atoms with van der Waals surface area (Å²) >= 11 is 0. The molecule has 1 nitrogen and oxygen atoms in total. The molecule has 2 unspecified atom stereocenters. The van der Waals surface area contributed by atoms with Gasteiger partial charge in [-0.15, -0.1) is 5.75 Å². The molecule has 0 aliphatic rings. The number of para-hydroxylation sites is 1. The van der Waals surface area contributed by atoms with E-state index in [0.29, 0.717) is 17.6 Å². The molecule has 0 N–H and O–H groups in total. The van der Waals surface area contributed by atoms with Crippen LogP contribution < -0.4 is 34.7 Å². The van der Waals surface area contributed by atoms with E-state index in [1.807, 2.05) is 0 Å². The molecule has 0 heterocycles. The van der Waals surface area contributed by atoms with Gasteiger partial charge < -0.3 is 5.11 Å². The van der Waals surface area contributed by atoms with Crippen molar-refractivity contribution in [2.75, 3.05) is 0 Å². The largest absolute Gasteiger partial charge is 1.00 e. The van der Waals surface area contributed by atoms with Gasteiger partial charge in [-0.2, -0.15) is 0 Å². The van der Waals surface area contributed by atoms with E-state index in [4.69, 9.17) is 0 Å². The van der Waals surface area contributed by atoms with Gasteiger partial charge in [-0.1, -0.05) is 97.6 Å².